The third-order valence-corrected chi connectivity index (χ3v) is 7.54. The van der Waals surface area contributed by atoms with Crippen molar-refractivity contribution in [3.8, 4) is 0 Å². The number of carbonyl (C=O) groups is 2. The molecule has 0 spiro atoms. The van der Waals surface area contributed by atoms with Crippen molar-refractivity contribution in [2.75, 3.05) is 32.5 Å². The number of rotatable bonds is 5. The van der Waals surface area contributed by atoms with Crippen LogP contribution in [0.4, 0.5) is 16.6 Å². The van der Waals surface area contributed by atoms with Crippen LogP contribution in [0.5, 0.6) is 0 Å². The van der Waals surface area contributed by atoms with Crippen molar-refractivity contribution in [1.29, 1.82) is 0 Å². The SMILES string of the molecule is C.CC.CN(C)C(=O)c1cc2cnc(Nc3ccc(C4CCN(C(=O)OC(C)(C)C)CC4)cn3)nc2n1C1CCCC1. The number of nitrogens with one attached hydrogen (secondary N) is 1. The van der Waals surface area contributed by atoms with E-state index in [2.05, 4.69) is 25.9 Å². The number of anilines is 2. The van der Waals surface area contributed by atoms with Crippen molar-refractivity contribution < 1.29 is 14.3 Å². The second kappa shape index (κ2) is 14.0. The molecule has 5 rings (SSSR count). The number of piperidine rings is 1. The fourth-order valence-electron chi connectivity index (χ4n) is 5.55. The van der Waals surface area contributed by atoms with Gasteiger partial charge in [0, 0.05) is 51.0 Å². The molecule has 4 heterocycles. The topological polar surface area (TPSA) is 105 Å². The lowest BCUT2D eigenvalue weighted by molar-refractivity contribution is 0.0204. The maximum Gasteiger partial charge on any atom is 0.410 e. The van der Waals surface area contributed by atoms with Gasteiger partial charge in [0.15, 0.2) is 0 Å². The van der Waals surface area contributed by atoms with Gasteiger partial charge in [-0.3, -0.25) is 4.79 Å². The second-order valence-electron chi connectivity index (χ2n) is 11.9. The van der Waals surface area contributed by atoms with Crippen LogP contribution in [0.25, 0.3) is 11.0 Å². The van der Waals surface area contributed by atoms with E-state index in [0.29, 0.717) is 36.5 Å². The minimum Gasteiger partial charge on any atom is -0.444 e. The number of hydrogen-bond acceptors (Lipinski definition) is 7. The van der Waals surface area contributed by atoms with Crippen molar-refractivity contribution >= 4 is 34.8 Å². The van der Waals surface area contributed by atoms with Gasteiger partial charge in [0.2, 0.25) is 5.95 Å². The molecule has 1 aliphatic heterocycles. The van der Waals surface area contributed by atoms with Crippen LogP contribution in [0.2, 0.25) is 0 Å². The van der Waals surface area contributed by atoms with E-state index in [-0.39, 0.29) is 25.5 Å². The molecular weight excluding hydrogens is 530 g/mol. The molecule has 1 saturated carbocycles. The minimum atomic E-state index is -0.486. The Hall–Kier alpha value is -3.69. The number of amides is 2. The van der Waals surface area contributed by atoms with E-state index < -0.39 is 5.60 Å². The molecule has 3 aromatic heterocycles. The highest BCUT2D eigenvalue weighted by Crippen LogP contribution is 2.35. The summed E-state index contributed by atoms with van der Waals surface area (Å²) in [5.41, 5.74) is 2.11. The lowest BCUT2D eigenvalue weighted by Crippen LogP contribution is -2.41. The van der Waals surface area contributed by atoms with Crippen LogP contribution >= 0.6 is 0 Å². The molecule has 10 nitrogen and oxygen atoms in total. The van der Waals surface area contributed by atoms with E-state index in [9.17, 15) is 9.59 Å². The third-order valence-electron chi connectivity index (χ3n) is 7.54. The highest BCUT2D eigenvalue weighted by molar-refractivity contribution is 5.97. The average Bonchev–Trinajstić information content (AvgIpc) is 3.61. The Morgan fingerprint density at radius 3 is 2.24 bits per heavy atom. The fraction of sp³-hybridized carbons (Fsp3) is 0.594. The lowest BCUT2D eigenvalue weighted by Gasteiger charge is -2.33. The highest BCUT2D eigenvalue weighted by Gasteiger charge is 2.28. The molecule has 3 aromatic rings. The fourth-order valence-corrected chi connectivity index (χ4v) is 5.55. The Morgan fingerprint density at radius 1 is 1.00 bits per heavy atom. The van der Waals surface area contributed by atoms with Crippen LogP contribution in [-0.4, -0.2) is 74.1 Å². The smallest absolute Gasteiger partial charge is 0.410 e. The zero-order valence-corrected chi connectivity index (χ0v) is 25.6. The first kappa shape index (κ1) is 32.8. The third kappa shape index (κ3) is 7.57. The summed E-state index contributed by atoms with van der Waals surface area (Å²) >= 11 is 0. The number of hydrogen-bond donors (Lipinski definition) is 1. The van der Waals surface area contributed by atoms with Gasteiger partial charge >= 0.3 is 6.09 Å². The Morgan fingerprint density at radius 2 is 1.67 bits per heavy atom. The second-order valence-corrected chi connectivity index (χ2v) is 11.9. The molecule has 0 aromatic carbocycles. The van der Waals surface area contributed by atoms with Gasteiger partial charge in [0.1, 0.15) is 22.8 Å². The van der Waals surface area contributed by atoms with Gasteiger partial charge in [0.05, 0.1) is 0 Å². The largest absolute Gasteiger partial charge is 0.444 e. The van der Waals surface area contributed by atoms with Crippen LogP contribution in [0, 0.1) is 0 Å². The number of nitrogens with zero attached hydrogens (tertiary/aromatic N) is 6. The van der Waals surface area contributed by atoms with Gasteiger partial charge in [0.25, 0.3) is 5.91 Å². The summed E-state index contributed by atoms with van der Waals surface area (Å²) in [5.74, 6) is 1.44. The van der Waals surface area contributed by atoms with Crippen LogP contribution < -0.4 is 5.32 Å². The standard InChI is InChI=1S/C29H39N7O3.C2H6.CH4/c1-29(2,3)39-28(38)35-14-12-19(13-15-35)20-10-11-24(30-17-20)32-27-31-18-21-16-23(26(37)34(4)5)36(25(21)33-27)22-8-6-7-9-22;1-2;/h10-11,16-19,22H,6-9,12-15H2,1-5H3,(H,30,31,32,33);1-2H3;1H4. The number of carbonyl (C=O) groups excluding carboxylic acids is 2. The number of fused-ring (bicyclic) bond motifs is 1. The van der Waals surface area contributed by atoms with Crippen molar-refractivity contribution in [3.63, 3.8) is 0 Å². The zero-order valence-electron chi connectivity index (χ0n) is 25.6. The number of likely N-dealkylation sites (tertiary alicyclic amines) is 1. The van der Waals surface area contributed by atoms with E-state index in [1.54, 1.807) is 30.1 Å². The molecule has 1 saturated heterocycles. The Bertz CT molecular complexity index is 1330. The Kier molecular flexibility index (Phi) is 10.9. The minimum absolute atomic E-state index is 0. The maximum absolute atomic E-state index is 12.9. The van der Waals surface area contributed by atoms with Crippen LogP contribution in [0.15, 0.2) is 30.6 Å². The molecule has 0 bridgehead atoms. The van der Waals surface area contributed by atoms with E-state index in [1.165, 1.54) is 0 Å². The normalized spacial score (nSPS) is 15.9. The summed E-state index contributed by atoms with van der Waals surface area (Å²) in [6, 6.07) is 6.20. The summed E-state index contributed by atoms with van der Waals surface area (Å²) in [6.45, 7) is 11.0. The van der Waals surface area contributed by atoms with Crippen LogP contribution in [0.3, 0.4) is 0 Å². The van der Waals surface area contributed by atoms with E-state index >= 15 is 0 Å². The van der Waals surface area contributed by atoms with Crippen LogP contribution in [-0.2, 0) is 4.74 Å². The quantitative estimate of drug-likeness (QED) is 0.342. The summed E-state index contributed by atoms with van der Waals surface area (Å²) in [7, 11) is 3.55. The first-order valence-electron chi connectivity index (χ1n) is 14.9. The molecule has 2 fully saturated rings. The predicted molar refractivity (Wildman–Crippen MR) is 168 cm³/mol. The van der Waals surface area contributed by atoms with Gasteiger partial charge in [-0.15, -0.1) is 0 Å². The zero-order chi connectivity index (χ0) is 29.7. The van der Waals surface area contributed by atoms with Gasteiger partial charge in [-0.05, 0) is 70.1 Å². The van der Waals surface area contributed by atoms with E-state index in [0.717, 1.165) is 55.1 Å². The number of pyridine rings is 1. The van der Waals surface area contributed by atoms with E-state index in [1.807, 2.05) is 52.9 Å². The maximum atomic E-state index is 12.9. The first-order valence-corrected chi connectivity index (χ1v) is 14.9. The Balaban J connectivity index is 0.00000158. The van der Waals surface area contributed by atoms with E-state index in [4.69, 9.17) is 9.72 Å². The van der Waals surface area contributed by atoms with Crippen LogP contribution in [0.1, 0.15) is 109 Å². The molecule has 1 aliphatic carbocycles. The van der Waals surface area contributed by atoms with Gasteiger partial charge in [-0.2, -0.15) is 4.98 Å². The molecule has 230 valence electrons. The first-order chi connectivity index (χ1) is 19.6. The van der Waals surface area contributed by atoms with Crippen molar-refractivity contribution in [2.45, 2.75) is 98.1 Å². The molecule has 0 atom stereocenters. The Labute approximate surface area is 250 Å². The van der Waals surface area contributed by atoms with Crippen molar-refractivity contribution in [2.24, 2.45) is 0 Å². The monoisotopic (exact) mass is 579 g/mol. The molecule has 0 radical (unpaired) electrons. The number of aromatic nitrogens is 4. The van der Waals surface area contributed by atoms with Gasteiger partial charge in [-0.25, -0.2) is 14.8 Å². The summed E-state index contributed by atoms with van der Waals surface area (Å²) in [5, 5.41) is 4.10. The summed E-state index contributed by atoms with van der Waals surface area (Å²) in [4.78, 5) is 42.7. The predicted octanol–water partition coefficient (Wildman–Crippen LogP) is 7.16. The summed E-state index contributed by atoms with van der Waals surface area (Å²) < 4.78 is 7.62. The van der Waals surface area contributed by atoms with Gasteiger partial charge in [-0.1, -0.05) is 40.2 Å². The molecule has 10 heteroatoms. The molecule has 0 unspecified atom stereocenters. The van der Waals surface area contributed by atoms with Crippen molar-refractivity contribution in [3.05, 3.63) is 41.9 Å². The molecule has 2 amide bonds. The van der Waals surface area contributed by atoms with Crippen molar-refractivity contribution in [1.82, 2.24) is 29.3 Å². The highest BCUT2D eigenvalue weighted by atomic mass is 16.6. The number of ether oxygens (including phenoxy) is 1. The molecule has 2 aliphatic rings. The lowest BCUT2D eigenvalue weighted by atomic mass is 9.90. The average molecular weight is 580 g/mol. The molecular formula is C32H49N7O3. The van der Waals surface area contributed by atoms with Gasteiger partial charge < -0.3 is 24.4 Å². The molecule has 1 N–H and O–H groups in total. The molecule has 42 heavy (non-hydrogen) atoms. The summed E-state index contributed by atoms with van der Waals surface area (Å²) in [6.07, 6.45) is 9.58.